The molecule has 2 aromatic carbocycles. The first-order chi connectivity index (χ1) is 14.0. The molecule has 0 fully saturated rings. The van der Waals surface area contributed by atoms with Crippen LogP contribution in [0.3, 0.4) is 0 Å². The predicted octanol–water partition coefficient (Wildman–Crippen LogP) is 3.08. The SMILES string of the molecule is Cc1ccc(CSc2nc3c(c(=O)n(C)c(=O)n3C)n2Cc2ccccc2)cc1. The van der Waals surface area contributed by atoms with E-state index in [1.165, 1.54) is 22.7 Å². The minimum atomic E-state index is -0.373. The highest BCUT2D eigenvalue weighted by molar-refractivity contribution is 7.98. The van der Waals surface area contributed by atoms with Gasteiger partial charge in [-0.05, 0) is 18.1 Å². The van der Waals surface area contributed by atoms with E-state index in [0.717, 1.165) is 21.0 Å². The zero-order valence-corrected chi connectivity index (χ0v) is 17.4. The van der Waals surface area contributed by atoms with Gasteiger partial charge in [0.15, 0.2) is 16.3 Å². The van der Waals surface area contributed by atoms with Crippen LogP contribution in [0, 0.1) is 6.92 Å². The third-order valence-electron chi connectivity index (χ3n) is 4.98. The van der Waals surface area contributed by atoms with Crippen LogP contribution in [0.5, 0.6) is 0 Å². The van der Waals surface area contributed by atoms with E-state index in [1.54, 1.807) is 18.8 Å². The monoisotopic (exact) mass is 406 g/mol. The molecule has 0 saturated carbocycles. The van der Waals surface area contributed by atoms with Gasteiger partial charge in [-0.25, -0.2) is 9.78 Å². The molecule has 4 rings (SSSR count). The summed E-state index contributed by atoms with van der Waals surface area (Å²) in [6.45, 7) is 2.58. The van der Waals surface area contributed by atoms with Crippen LogP contribution in [0.15, 0.2) is 69.3 Å². The average molecular weight is 407 g/mol. The van der Waals surface area contributed by atoms with Crippen LogP contribution in [0.25, 0.3) is 11.2 Å². The molecule has 0 saturated heterocycles. The Morgan fingerprint density at radius 1 is 0.897 bits per heavy atom. The molecule has 6 nitrogen and oxygen atoms in total. The first-order valence-electron chi connectivity index (χ1n) is 9.34. The Bertz CT molecular complexity index is 1290. The van der Waals surface area contributed by atoms with Gasteiger partial charge in [-0.3, -0.25) is 13.9 Å². The van der Waals surface area contributed by atoms with Gasteiger partial charge in [0.1, 0.15) is 0 Å². The van der Waals surface area contributed by atoms with Gasteiger partial charge in [0.05, 0.1) is 6.54 Å². The molecular weight excluding hydrogens is 384 g/mol. The van der Waals surface area contributed by atoms with Gasteiger partial charge in [-0.2, -0.15) is 0 Å². The van der Waals surface area contributed by atoms with Crippen molar-refractivity contribution in [2.75, 3.05) is 0 Å². The summed E-state index contributed by atoms with van der Waals surface area (Å²) in [6, 6.07) is 18.3. The fourth-order valence-corrected chi connectivity index (χ4v) is 4.23. The summed E-state index contributed by atoms with van der Waals surface area (Å²) in [5.74, 6) is 0.729. The standard InChI is InChI=1S/C22H22N4O2S/c1-15-9-11-17(12-10-15)14-29-21-23-19-18(20(27)25(3)22(28)24(19)2)26(21)13-16-7-5-4-6-8-16/h4-12H,13-14H2,1-3H3. The Morgan fingerprint density at radius 2 is 1.59 bits per heavy atom. The van der Waals surface area contributed by atoms with Crippen LogP contribution in [0.4, 0.5) is 0 Å². The van der Waals surface area contributed by atoms with Crippen molar-refractivity contribution in [3.8, 4) is 0 Å². The largest absolute Gasteiger partial charge is 0.332 e. The number of nitrogens with zero attached hydrogens (tertiary/aromatic N) is 4. The van der Waals surface area contributed by atoms with Crippen molar-refractivity contribution in [3.63, 3.8) is 0 Å². The zero-order chi connectivity index (χ0) is 20.5. The molecule has 0 aliphatic rings. The molecule has 29 heavy (non-hydrogen) atoms. The van der Waals surface area contributed by atoms with E-state index in [4.69, 9.17) is 0 Å². The molecule has 0 N–H and O–H groups in total. The van der Waals surface area contributed by atoms with E-state index < -0.39 is 0 Å². The number of aromatic nitrogens is 4. The molecule has 148 valence electrons. The lowest BCUT2D eigenvalue weighted by atomic mass is 10.2. The van der Waals surface area contributed by atoms with E-state index >= 15 is 0 Å². The highest BCUT2D eigenvalue weighted by Gasteiger charge is 2.19. The molecule has 0 unspecified atom stereocenters. The molecule has 0 radical (unpaired) electrons. The zero-order valence-electron chi connectivity index (χ0n) is 16.6. The molecule has 0 aliphatic carbocycles. The van der Waals surface area contributed by atoms with E-state index in [2.05, 4.69) is 36.2 Å². The fraction of sp³-hybridized carbons (Fsp3) is 0.227. The Kier molecular flexibility index (Phi) is 5.15. The highest BCUT2D eigenvalue weighted by Crippen LogP contribution is 2.26. The highest BCUT2D eigenvalue weighted by atomic mass is 32.2. The number of rotatable bonds is 5. The van der Waals surface area contributed by atoms with Crippen molar-refractivity contribution in [1.29, 1.82) is 0 Å². The number of thioether (sulfide) groups is 1. The van der Waals surface area contributed by atoms with Crippen molar-refractivity contribution in [2.45, 2.75) is 24.4 Å². The van der Waals surface area contributed by atoms with Crippen molar-refractivity contribution < 1.29 is 0 Å². The van der Waals surface area contributed by atoms with Gasteiger partial charge >= 0.3 is 5.69 Å². The van der Waals surface area contributed by atoms with Crippen molar-refractivity contribution in [1.82, 2.24) is 18.7 Å². The fourth-order valence-electron chi connectivity index (χ4n) is 3.28. The Morgan fingerprint density at radius 3 is 2.28 bits per heavy atom. The second-order valence-electron chi connectivity index (χ2n) is 7.12. The number of hydrogen-bond acceptors (Lipinski definition) is 4. The number of hydrogen-bond donors (Lipinski definition) is 0. The van der Waals surface area contributed by atoms with Crippen LogP contribution < -0.4 is 11.2 Å². The molecule has 2 heterocycles. The lowest BCUT2D eigenvalue weighted by Gasteiger charge is -2.10. The number of imidazole rings is 1. The number of aryl methyl sites for hydroxylation is 2. The third-order valence-corrected chi connectivity index (χ3v) is 6.03. The van der Waals surface area contributed by atoms with Gasteiger partial charge in [-0.15, -0.1) is 0 Å². The second-order valence-corrected chi connectivity index (χ2v) is 8.06. The first kappa shape index (κ1) is 19.3. The van der Waals surface area contributed by atoms with Crippen LogP contribution in [0.1, 0.15) is 16.7 Å². The van der Waals surface area contributed by atoms with E-state index in [1.807, 2.05) is 34.9 Å². The summed E-state index contributed by atoms with van der Waals surface area (Å²) in [6.07, 6.45) is 0. The summed E-state index contributed by atoms with van der Waals surface area (Å²) in [7, 11) is 3.15. The molecular formula is C22H22N4O2S. The summed E-state index contributed by atoms with van der Waals surface area (Å²) in [4.78, 5) is 30.0. The van der Waals surface area contributed by atoms with E-state index in [-0.39, 0.29) is 11.2 Å². The summed E-state index contributed by atoms with van der Waals surface area (Å²) in [5, 5.41) is 0.725. The number of fused-ring (bicyclic) bond motifs is 1. The lowest BCUT2D eigenvalue weighted by Crippen LogP contribution is -2.37. The number of benzene rings is 2. The summed E-state index contributed by atoms with van der Waals surface area (Å²) >= 11 is 1.57. The molecule has 7 heteroatoms. The summed E-state index contributed by atoms with van der Waals surface area (Å²) < 4.78 is 4.50. The molecule has 0 amide bonds. The first-order valence-corrected chi connectivity index (χ1v) is 10.3. The minimum Gasteiger partial charge on any atom is -0.309 e. The van der Waals surface area contributed by atoms with Crippen LogP contribution in [-0.2, 0) is 26.4 Å². The van der Waals surface area contributed by atoms with Gasteiger partial charge in [0.25, 0.3) is 5.56 Å². The molecule has 0 bridgehead atoms. The van der Waals surface area contributed by atoms with Gasteiger partial charge in [0, 0.05) is 19.8 Å². The molecule has 4 aromatic rings. The molecule has 2 aromatic heterocycles. The van der Waals surface area contributed by atoms with Crippen molar-refractivity contribution >= 4 is 22.9 Å². The topological polar surface area (TPSA) is 61.8 Å². The maximum Gasteiger partial charge on any atom is 0.332 e. The minimum absolute atomic E-state index is 0.325. The lowest BCUT2D eigenvalue weighted by molar-refractivity contribution is 0.696. The van der Waals surface area contributed by atoms with Crippen LogP contribution in [0.2, 0.25) is 0 Å². The Balaban J connectivity index is 1.83. The Labute approximate surface area is 172 Å². The molecule has 0 spiro atoms. The van der Waals surface area contributed by atoms with Gasteiger partial charge in [-0.1, -0.05) is 71.9 Å². The van der Waals surface area contributed by atoms with E-state index in [9.17, 15) is 9.59 Å². The maximum absolute atomic E-state index is 12.9. The quantitative estimate of drug-likeness (QED) is 0.478. The van der Waals surface area contributed by atoms with Crippen molar-refractivity contribution in [3.05, 3.63) is 92.1 Å². The van der Waals surface area contributed by atoms with Crippen molar-refractivity contribution in [2.24, 2.45) is 14.1 Å². The van der Waals surface area contributed by atoms with Gasteiger partial charge in [0.2, 0.25) is 0 Å². The smallest absolute Gasteiger partial charge is 0.309 e. The molecule has 0 aliphatic heterocycles. The second kappa shape index (κ2) is 7.75. The third kappa shape index (κ3) is 3.65. The van der Waals surface area contributed by atoms with E-state index in [0.29, 0.717) is 17.7 Å². The summed E-state index contributed by atoms with van der Waals surface area (Å²) in [5.41, 5.74) is 3.63. The molecule has 0 atom stereocenters. The normalized spacial score (nSPS) is 11.3. The predicted molar refractivity (Wildman–Crippen MR) is 116 cm³/mol. The maximum atomic E-state index is 12.9. The van der Waals surface area contributed by atoms with Crippen LogP contribution >= 0.6 is 11.8 Å². The average Bonchev–Trinajstić information content (AvgIpc) is 3.09. The van der Waals surface area contributed by atoms with Crippen LogP contribution in [-0.4, -0.2) is 18.7 Å². The van der Waals surface area contributed by atoms with Gasteiger partial charge < -0.3 is 4.57 Å². The Hall–Kier alpha value is -3.06.